The van der Waals surface area contributed by atoms with Gasteiger partial charge in [-0.2, -0.15) is 0 Å². The maximum atomic E-state index is 4.85. The normalized spacial score (nSPS) is 13.8. The summed E-state index contributed by atoms with van der Waals surface area (Å²) in [6, 6.07) is 17.9. The molecule has 0 spiro atoms. The molecule has 0 radical (unpaired) electrons. The summed E-state index contributed by atoms with van der Waals surface area (Å²) in [6.07, 6.45) is 6.66. The molecule has 0 saturated heterocycles. The highest BCUT2D eigenvalue weighted by Gasteiger charge is 2.24. The van der Waals surface area contributed by atoms with Crippen LogP contribution in [0, 0.1) is 6.92 Å². The van der Waals surface area contributed by atoms with Gasteiger partial charge in [-0.05, 0) is 42.2 Å². The van der Waals surface area contributed by atoms with E-state index in [0.717, 1.165) is 30.9 Å². The van der Waals surface area contributed by atoms with Crippen molar-refractivity contribution in [2.75, 3.05) is 11.4 Å². The lowest BCUT2D eigenvalue weighted by Crippen LogP contribution is -2.31. The number of hydrogen-bond acceptors (Lipinski definition) is 4. The summed E-state index contributed by atoms with van der Waals surface area (Å²) in [7, 11) is 1.96. The number of rotatable bonds is 4. The summed E-state index contributed by atoms with van der Waals surface area (Å²) in [5.41, 5.74) is 8.29. The maximum Gasteiger partial charge on any atom is 0.180 e. The molecule has 3 heterocycles. The first-order chi connectivity index (χ1) is 15.4. The van der Waals surface area contributed by atoms with E-state index in [9.17, 15) is 0 Å². The molecule has 0 saturated carbocycles. The fourth-order valence-corrected chi connectivity index (χ4v) is 4.40. The molecule has 2 aromatic carbocycles. The van der Waals surface area contributed by atoms with E-state index in [2.05, 4.69) is 84.2 Å². The minimum absolute atomic E-state index is 0.0362. The number of hydrogen-bond donors (Lipinski definition) is 0. The van der Waals surface area contributed by atoms with Gasteiger partial charge in [-0.1, -0.05) is 55.8 Å². The first-order valence-electron chi connectivity index (χ1n) is 11.2. The van der Waals surface area contributed by atoms with Crippen LogP contribution in [0.2, 0.25) is 0 Å². The summed E-state index contributed by atoms with van der Waals surface area (Å²) in [5.74, 6) is 0.696. The van der Waals surface area contributed by atoms with E-state index in [1.165, 1.54) is 27.9 Å². The zero-order chi connectivity index (χ0) is 22.3. The average Bonchev–Trinajstić information content (AvgIpc) is 3.25. The van der Waals surface area contributed by atoms with Crippen LogP contribution < -0.4 is 4.90 Å². The molecule has 32 heavy (non-hydrogen) atoms. The SMILES string of the molecule is Cc1ccc(C(C)(C)c2ccc(N3CCc4cnc(-c5cn(C)cn5)nc4C3)cc2)cc1. The smallest absolute Gasteiger partial charge is 0.180 e. The van der Waals surface area contributed by atoms with Crippen LogP contribution in [-0.4, -0.2) is 26.1 Å². The molecule has 5 heteroatoms. The Kier molecular flexibility index (Phi) is 5.04. The molecule has 0 aliphatic carbocycles. The van der Waals surface area contributed by atoms with Crippen molar-refractivity contribution in [3.8, 4) is 11.5 Å². The molecular formula is C27H29N5. The Morgan fingerprint density at radius 1 is 0.906 bits per heavy atom. The van der Waals surface area contributed by atoms with Gasteiger partial charge >= 0.3 is 0 Å². The van der Waals surface area contributed by atoms with Crippen molar-refractivity contribution in [1.82, 2.24) is 19.5 Å². The van der Waals surface area contributed by atoms with Crippen molar-refractivity contribution in [3.63, 3.8) is 0 Å². The predicted molar refractivity (Wildman–Crippen MR) is 129 cm³/mol. The van der Waals surface area contributed by atoms with E-state index < -0.39 is 0 Å². The first kappa shape index (κ1) is 20.4. The third-order valence-electron chi connectivity index (χ3n) is 6.61. The van der Waals surface area contributed by atoms with Gasteiger partial charge in [-0.3, -0.25) is 0 Å². The number of imidazole rings is 1. The maximum absolute atomic E-state index is 4.85. The van der Waals surface area contributed by atoms with Gasteiger partial charge in [0.25, 0.3) is 0 Å². The Balaban J connectivity index is 1.37. The van der Waals surface area contributed by atoms with E-state index in [1.807, 2.05) is 24.0 Å². The minimum atomic E-state index is -0.0362. The molecule has 1 aliphatic heterocycles. The Morgan fingerprint density at radius 3 is 2.25 bits per heavy atom. The largest absolute Gasteiger partial charge is 0.365 e. The zero-order valence-electron chi connectivity index (χ0n) is 19.2. The highest BCUT2D eigenvalue weighted by Crippen LogP contribution is 2.33. The Hall–Kier alpha value is -3.47. The van der Waals surface area contributed by atoms with Gasteiger partial charge < -0.3 is 9.47 Å². The van der Waals surface area contributed by atoms with Gasteiger partial charge in [0.05, 0.1) is 18.6 Å². The van der Waals surface area contributed by atoms with Crippen molar-refractivity contribution in [2.24, 2.45) is 7.05 Å². The van der Waals surface area contributed by atoms with Gasteiger partial charge in [0.2, 0.25) is 0 Å². The number of fused-ring (bicyclic) bond motifs is 1. The van der Waals surface area contributed by atoms with E-state index >= 15 is 0 Å². The third kappa shape index (κ3) is 3.79. The highest BCUT2D eigenvalue weighted by atomic mass is 15.1. The van der Waals surface area contributed by atoms with Crippen LogP contribution in [0.3, 0.4) is 0 Å². The third-order valence-corrected chi connectivity index (χ3v) is 6.61. The second-order valence-corrected chi connectivity index (χ2v) is 9.30. The quantitative estimate of drug-likeness (QED) is 0.460. The number of aryl methyl sites for hydroxylation is 2. The molecule has 0 bridgehead atoms. The zero-order valence-corrected chi connectivity index (χ0v) is 19.2. The van der Waals surface area contributed by atoms with Crippen LogP contribution in [0.25, 0.3) is 11.5 Å². The molecule has 4 aromatic rings. The van der Waals surface area contributed by atoms with E-state index in [1.54, 1.807) is 6.33 Å². The van der Waals surface area contributed by atoms with Gasteiger partial charge in [-0.15, -0.1) is 0 Å². The van der Waals surface area contributed by atoms with Crippen molar-refractivity contribution < 1.29 is 0 Å². The summed E-state index contributed by atoms with van der Waals surface area (Å²) in [5, 5.41) is 0. The standard InChI is InChI=1S/C27H29N5/c1-19-5-7-21(8-6-19)27(2,3)22-9-11-23(12-10-22)32-14-13-20-15-28-26(30-24(20)17-32)25-16-31(4)18-29-25/h5-12,15-16,18H,13-14,17H2,1-4H3. The van der Waals surface area contributed by atoms with Crippen LogP contribution in [-0.2, 0) is 25.4 Å². The highest BCUT2D eigenvalue weighted by molar-refractivity contribution is 5.53. The van der Waals surface area contributed by atoms with Crippen molar-refractivity contribution in [1.29, 1.82) is 0 Å². The van der Waals surface area contributed by atoms with Crippen LogP contribution in [0.4, 0.5) is 5.69 Å². The Labute approximate surface area is 189 Å². The summed E-state index contributed by atoms with van der Waals surface area (Å²) in [4.78, 5) is 16.2. The van der Waals surface area contributed by atoms with Crippen LogP contribution >= 0.6 is 0 Å². The monoisotopic (exact) mass is 423 g/mol. The van der Waals surface area contributed by atoms with Gasteiger partial charge in [0.15, 0.2) is 5.82 Å². The molecule has 0 amide bonds. The fourth-order valence-electron chi connectivity index (χ4n) is 4.40. The van der Waals surface area contributed by atoms with Crippen molar-refractivity contribution in [2.45, 2.75) is 39.2 Å². The van der Waals surface area contributed by atoms with Gasteiger partial charge in [0.1, 0.15) is 5.69 Å². The van der Waals surface area contributed by atoms with Crippen LogP contribution in [0.1, 0.15) is 41.8 Å². The second kappa shape index (κ2) is 7.90. The average molecular weight is 424 g/mol. The van der Waals surface area contributed by atoms with Gasteiger partial charge in [0, 0.05) is 37.1 Å². The molecular weight excluding hydrogens is 394 g/mol. The molecule has 0 unspecified atom stereocenters. The molecule has 2 aromatic heterocycles. The number of benzene rings is 2. The van der Waals surface area contributed by atoms with Crippen LogP contribution in [0.5, 0.6) is 0 Å². The van der Waals surface area contributed by atoms with Crippen molar-refractivity contribution in [3.05, 3.63) is 95.2 Å². The molecule has 5 nitrogen and oxygen atoms in total. The first-order valence-corrected chi connectivity index (χ1v) is 11.2. The molecule has 0 atom stereocenters. The molecule has 0 N–H and O–H groups in total. The summed E-state index contributed by atoms with van der Waals surface area (Å²) in [6.45, 7) is 8.48. The number of nitrogens with zero attached hydrogens (tertiary/aromatic N) is 5. The van der Waals surface area contributed by atoms with Crippen molar-refractivity contribution >= 4 is 5.69 Å². The van der Waals surface area contributed by atoms with E-state index in [4.69, 9.17) is 4.98 Å². The Morgan fingerprint density at radius 2 is 1.59 bits per heavy atom. The molecule has 0 fully saturated rings. The predicted octanol–water partition coefficient (Wildman–Crippen LogP) is 5.07. The fraction of sp³-hybridized carbons (Fsp3) is 0.296. The molecule has 162 valence electrons. The lowest BCUT2D eigenvalue weighted by molar-refractivity contribution is 0.640. The van der Waals surface area contributed by atoms with Crippen LogP contribution in [0.15, 0.2) is 67.3 Å². The number of anilines is 1. The van der Waals surface area contributed by atoms with E-state index in [-0.39, 0.29) is 5.41 Å². The topological polar surface area (TPSA) is 46.8 Å². The van der Waals surface area contributed by atoms with E-state index in [0.29, 0.717) is 5.82 Å². The lowest BCUT2D eigenvalue weighted by Gasteiger charge is -2.31. The lowest BCUT2D eigenvalue weighted by atomic mass is 9.78. The minimum Gasteiger partial charge on any atom is -0.365 e. The second-order valence-electron chi connectivity index (χ2n) is 9.30. The summed E-state index contributed by atoms with van der Waals surface area (Å²) >= 11 is 0. The summed E-state index contributed by atoms with van der Waals surface area (Å²) < 4.78 is 1.92. The molecule has 5 rings (SSSR count). The Bertz CT molecular complexity index is 1240. The molecule has 1 aliphatic rings. The van der Waals surface area contributed by atoms with Gasteiger partial charge in [-0.25, -0.2) is 15.0 Å². The number of aromatic nitrogens is 4.